The second-order valence-corrected chi connectivity index (χ2v) is 8.43. The predicted molar refractivity (Wildman–Crippen MR) is 116 cm³/mol. The minimum Gasteiger partial charge on any atom is -0.496 e. The van der Waals surface area contributed by atoms with Crippen molar-refractivity contribution in [3.8, 4) is 22.8 Å². The van der Waals surface area contributed by atoms with Crippen LogP contribution in [0.4, 0.5) is 4.79 Å². The van der Waals surface area contributed by atoms with E-state index in [4.69, 9.17) is 14.2 Å². The molecule has 0 radical (unpaired) electrons. The molecule has 0 aliphatic rings. The zero-order valence-electron chi connectivity index (χ0n) is 17.5. The number of hydrogen-bond donors (Lipinski definition) is 1. The predicted octanol–water partition coefficient (Wildman–Crippen LogP) is 4.82. The Morgan fingerprint density at radius 2 is 1.93 bits per heavy atom. The van der Waals surface area contributed by atoms with Crippen molar-refractivity contribution >= 4 is 17.4 Å². The number of carbonyl (C=O) groups is 1. The molecule has 3 aromatic rings. The van der Waals surface area contributed by atoms with Crippen LogP contribution in [0.5, 0.6) is 11.5 Å². The van der Waals surface area contributed by atoms with Crippen LogP contribution in [-0.4, -0.2) is 28.8 Å². The van der Waals surface area contributed by atoms with Gasteiger partial charge in [0.1, 0.15) is 28.7 Å². The van der Waals surface area contributed by atoms with Crippen molar-refractivity contribution < 1.29 is 19.0 Å². The fourth-order valence-electron chi connectivity index (χ4n) is 2.60. The van der Waals surface area contributed by atoms with Crippen molar-refractivity contribution in [1.29, 1.82) is 0 Å². The molecule has 3 rings (SSSR count). The van der Waals surface area contributed by atoms with Gasteiger partial charge in [-0.25, -0.2) is 9.78 Å². The largest absolute Gasteiger partial charge is 0.496 e. The number of alkyl carbamates (subject to hydrolysis) is 1. The third-order valence-electron chi connectivity index (χ3n) is 3.94. The molecular formula is C22H25N3O4S. The summed E-state index contributed by atoms with van der Waals surface area (Å²) in [6, 6.07) is 9.47. The number of amides is 1. The van der Waals surface area contributed by atoms with Crippen LogP contribution in [0.2, 0.25) is 0 Å². The van der Waals surface area contributed by atoms with Gasteiger partial charge in [0.25, 0.3) is 0 Å². The van der Waals surface area contributed by atoms with Gasteiger partial charge >= 0.3 is 6.09 Å². The Hall–Kier alpha value is -3.13. The van der Waals surface area contributed by atoms with Crippen LogP contribution < -0.4 is 14.8 Å². The van der Waals surface area contributed by atoms with Crippen molar-refractivity contribution in [2.45, 2.75) is 39.5 Å². The van der Waals surface area contributed by atoms with E-state index in [1.807, 2.05) is 56.5 Å². The van der Waals surface area contributed by atoms with E-state index in [0.717, 1.165) is 21.8 Å². The van der Waals surface area contributed by atoms with Crippen LogP contribution in [-0.2, 0) is 17.9 Å². The number of nitrogens with zero attached hydrogens (tertiary/aromatic N) is 2. The van der Waals surface area contributed by atoms with Gasteiger partial charge in [-0.2, -0.15) is 0 Å². The molecule has 0 spiro atoms. The minimum atomic E-state index is -0.535. The maximum Gasteiger partial charge on any atom is 0.408 e. The highest BCUT2D eigenvalue weighted by Gasteiger charge is 2.17. The summed E-state index contributed by atoms with van der Waals surface area (Å²) in [7, 11) is 1.61. The molecule has 1 amide bonds. The number of benzene rings is 1. The fraction of sp³-hybridized carbons (Fsp3) is 0.318. The van der Waals surface area contributed by atoms with E-state index in [1.54, 1.807) is 19.5 Å². The van der Waals surface area contributed by atoms with Gasteiger partial charge in [0.05, 0.1) is 19.3 Å². The van der Waals surface area contributed by atoms with Crippen molar-refractivity contribution in [2.24, 2.45) is 0 Å². The Morgan fingerprint density at radius 3 is 2.63 bits per heavy atom. The second kappa shape index (κ2) is 9.58. The second-order valence-electron chi connectivity index (χ2n) is 7.49. The van der Waals surface area contributed by atoms with Gasteiger partial charge in [-0.1, -0.05) is 0 Å². The highest BCUT2D eigenvalue weighted by molar-refractivity contribution is 7.09. The normalized spacial score (nSPS) is 11.1. The Morgan fingerprint density at radius 1 is 1.17 bits per heavy atom. The fourth-order valence-corrected chi connectivity index (χ4v) is 3.33. The van der Waals surface area contributed by atoms with E-state index in [1.165, 1.54) is 11.3 Å². The Kier molecular flexibility index (Phi) is 6.89. The highest BCUT2D eigenvalue weighted by Crippen LogP contribution is 2.34. The summed E-state index contributed by atoms with van der Waals surface area (Å²) in [5.74, 6) is 1.37. The molecule has 0 aliphatic carbocycles. The van der Waals surface area contributed by atoms with E-state index in [-0.39, 0.29) is 0 Å². The van der Waals surface area contributed by atoms with Gasteiger partial charge in [-0.05, 0) is 50.6 Å². The van der Waals surface area contributed by atoms with E-state index in [2.05, 4.69) is 15.3 Å². The first-order valence-corrected chi connectivity index (χ1v) is 10.3. The van der Waals surface area contributed by atoms with Crippen molar-refractivity contribution in [1.82, 2.24) is 15.3 Å². The smallest absolute Gasteiger partial charge is 0.408 e. The molecule has 0 atom stereocenters. The lowest BCUT2D eigenvalue weighted by Crippen LogP contribution is -2.32. The molecule has 0 saturated carbocycles. The average molecular weight is 428 g/mol. The molecule has 8 heteroatoms. The van der Waals surface area contributed by atoms with Gasteiger partial charge in [-0.3, -0.25) is 4.98 Å². The number of methoxy groups -OCH3 is 1. The standard InChI is InChI=1S/C22H25N3O4S/c1-22(2,3)29-21(26)24-12-20-25-18(14-30-20)17-6-5-16(11-19(17)27-4)28-13-15-7-9-23-10-8-15/h5-11,14H,12-13H2,1-4H3,(H,24,26). The third-order valence-corrected chi connectivity index (χ3v) is 4.79. The minimum absolute atomic E-state index is 0.301. The lowest BCUT2D eigenvalue weighted by Gasteiger charge is -2.19. The SMILES string of the molecule is COc1cc(OCc2ccncc2)ccc1-c1csc(CNC(=O)OC(C)(C)C)n1. The van der Waals surface area contributed by atoms with Crippen molar-refractivity contribution in [2.75, 3.05) is 7.11 Å². The summed E-state index contributed by atoms with van der Waals surface area (Å²) in [5.41, 5.74) is 2.13. The monoisotopic (exact) mass is 427 g/mol. The summed E-state index contributed by atoms with van der Waals surface area (Å²) in [4.78, 5) is 20.4. The number of aromatic nitrogens is 2. The third kappa shape index (κ3) is 6.18. The molecule has 2 aromatic heterocycles. The number of ether oxygens (including phenoxy) is 3. The molecule has 1 aromatic carbocycles. The van der Waals surface area contributed by atoms with Crippen molar-refractivity contribution in [3.63, 3.8) is 0 Å². The van der Waals surface area contributed by atoms with Gasteiger partial charge in [-0.15, -0.1) is 11.3 Å². The molecule has 0 bridgehead atoms. The Bertz CT molecular complexity index is 984. The number of thiazole rings is 1. The van der Waals surface area contributed by atoms with E-state index < -0.39 is 11.7 Å². The van der Waals surface area contributed by atoms with E-state index in [0.29, 0.717) is 24.7 Å². The molecule has 0 aliphatic heterocycles. The summed E-state index contributed by atoms with van der Waals surface area (Å²) >= 11 is 1.46. The van der Waals surface area contributed by atoms with Gasteiger partial charge in [0.15, 0.2) is 0 Å². The topological polar surface area (TPSA) is 82.6 Å². The number of nitrogens with one attached hydrogen (secondary N) is 1. The number of hydrogen-bond acceptors (Lipinski definition) is 7. The molecule has 158 valence electrons. The van der Waals surface area contributed by atoms with Crippen LogP contribution >= 0.6 is 11.3 Å². The first-order valence-electron chi connectivity index (χ1n) is 9.45. The van der Waals surface area contributed by atoms with Crippen LogP contribution in [0.3, 0.4) is 0 Å². The van der Waals surface area contributed by atoms with Crippen LogP contribution in [0, 0.1) is 0 Å². The van der Waals surface area contributed by atoms with Gasteiger partial charge in [0, 0.05) is 29.4 Å². The Labute approximate surface area is 180 Å². The molecule has 2 heterocycles. The van der Waals surface area contributed by atoms with E-state index in [9.17, 15) is 4.79 Å². The molecule has 7 nitrogen and oxygen atoms in total. The van der Waals surface area contributed by atoms with Crippen molar-refractivity contribution in [3.05, 3.63) is 58.7 Å². The van der Waals surface area contributed by atoms with Crippen LogP contribution in [0.1, 0.15) is 31.3 Å². The molecule has 0 saturated heterocycles. The molecule has 0 fully saturated rings. The first kappa shape index (κ1) is 21.6. The average Bonchev–Trinajstić information content (AvgIpc) is 3.19. The molecule has 30 heavy (non-hydrogen) atoms. The summed E-state index contributed by atoms with van der Waals surface area (Å²) < 4.78 is 16.6. The zero-order chi connectivity index (χ0) is 21.6. The zero-order valence-corrected chi connectivity index (χ0v) is 18.3. The summed E-state index contributed by atoms with van der Waals surface area (Å²) in [6.45, 7) is 6.22. The molecular weight excluding hydrogens is 402 g/mol. The van der Waals surface area contributed by atoms with Gasteiger partial charge < -0.3 is 19.5 Å². The Balaban J connectivity index is 1.65. The quantitative estimate of drug-likeness (QED) is 0.582. The van der Waals surface area contributed by atoms with Gasteiger partial charge in [0.2, 0.25) is 0 Å². The van der Waals surface area contributed by atoms with Crippen LogP contribution in [0.25, 0.3) is 11.3 Å². The van der Waals surface area contributed by atoms with Crippen LogP contribution in [0.15, 0.2) is 48.1 Å². The highest BCUT2D eigenvalue weighted by atomic mass is 32.1. The lowest BCUT2D eigenvalue weighted by molar-refractivity contribution is 0.0523. The lowest BCUT2D eigenvalue weighted by atomic mass is 10.1. The summed E-state index contributed by atoms with van der Waals surface area (Å²) in [6.07, 6.45) is 3.01. The first-order chi connectivity index (χ1) is 14.3. The molecule has 0 unspecified atom stereocenters. The maximum atomic E-state index is 11.8. The van der Waals surface area contributed by atoms with E-state index >= 15 is 0 Å². The summed E-state index contributed by atoms with van der Waals surface area (Å²) in [5, 5.41) is 5.43. The molecule has 1 N–H and O–H groups in total. The number of pyridine rings is 1. The maximum absolute atomic E-state index is 11.8. The number of rotatable bonds is 7. The number of carbonyl (C=O) groups excluding carboxylic acids is 1.